The second-order valence-electron chi connectivity index (χ2n) is 5.32. The number of nitrogens with one attached hydrogen (secondary N) is 1. The predicted molar refractivity (Wildman–Crippen MR) is 87.1 cm³/mol. The number of aliphatic carboxylic acids is 1. The highest BCUT2D eigenvalue weighted by Gasteiger charge is 2.27. The van der Waals surface area contributed by atoms with Gasteiger partial charge in [-0.05, 0) is 38.8 Å². The van der Waals surface area contributed by atoms with Crippen LogP contribution in [0.15, 0.2) is 41.8 Å². The molecule has 0 aliphatic rings. The number of carboxylic acids is 1. The van der Waals surface area contributed by atoms with E-state index in [1.165, 1.54) is 38.1 Å². The summed E-state index contributed by atoms with van der Waals surface area (Å²) in [6, 6.07) is 4.68. The van der Waals surface area contributed by atoms with Crippen LogP contribution in [-0.4, -0.2) is 36.7 Å². The molecule has 126 valence electrons. The van der Waals surface area contributed by atoms with Gasteiger partial charge in [-0.25, -0.2) is 13.2 Å². The minimum atomic E-state index is -3.65. The molecule has 7 heteroatoms. The fourth-order valence-corrected chi connectivity index (χ4v) is 3.18. The van der Waals surface area contributed by atoms with E-state index in [2.05, 4.69) is 11.9 Å². The molecule has 23 heavy (non-hydrogen) atoms. The van der Waals surface area contributed by atoms with E-state index < -0.39 is 33.0 Å². The molecule has 0 saturated heterocycles. The Morgan fingerprint density at radius 2 is 1.91 bits per heavy atom. The van der Waals surface area contributed by atoms with Crippen molar-refractivity contribution in [2.45, 2.75) is 42.9 Å². The van der Waals surface area contributed by atoms with Crippen LogP contribution >= 0.6 is 0 Å². The molecule has 0 aromatic heterocycles. The quantitative estimate of drug-likeness (QED) is 0.706. The van der Waals surface area contributed by atoms with Crippen LogP contribution in [0.2, 0.25) is 0 Å². The van der Waals surface area contributed by atoms with Crippen molar-refractivity contribution in [1.82, 2.24) is 5.32 Å². The van der Waals surface area contributed by atoms with Gasteiger partial charge in [0.25, 0.3) is 5.91 Å². The number of carbonyl (C=O) groups is 2. The van der Waals surface area contributed by atoms with Gasteiger partial charge in [0.05, 0.1) is 15.7 Å². The zero-order valence-corrected chi connectivity index (χ0v) is 14.0. The molecule has 0 heterocycles. The number of hydrogen-bond donors (Lipinski definition) is 2. The highest BCUT2D eigenvalue weighted by Crippen LogP contribution is 2.20. The van der Waals surface area contributed by atoms with Gasteiger partial charge in [0.1, 0.15) is 6.04 Å². The second-order valence-corrected chi connectivity index (χ2v) is 7.79. The Kier molecular flexibility index (Phi) is 6.50. The number of amides is 1. The molecule has 1 atom stereocenters. The second kappa shape index (κ2) is 7.92. The summed E-state index contributed by atoms with van der Waals surface area (Å²) < 4.78 is 24.7. The third kappa shape index (κ3) is 4.66. The smallest absolute Gasteiger partial charge is 0.326 e. The van der Waals surface area contributed by atoms with E-state index in [1.807, 2.05) is 0 Å². The Bertz CT molecular complexity index is 694. The summed E-state index contributed by atoms with van der Waals surface area (Å²) in [7, 11) is -3.65. The van der Waals surface area contributed by atoms with Crippen molar-refractivity contribution >= 4 is 21.7 Å². The van der Waals surface area contributed by atoms with E-state index in [0.717, 1.165) is 0 Å². The lowest BCUT2D eigenvalue weighted by molar-refractivity contribution is -0.139. The fourth-order valence-electron chi connectivity index (χ4n) is 1.93. The number of allylic oxidation sites excluding steroid dienone is 1. The number of carbonyl (C=O) groups excluding carboxylic acids is 1. The first-order valence-electron chi connectivity index (χ1n) is 7.19. The van der Waals surface area contributed by atoms with Gasteiger partial charge in [-0.3, -0.25) is 4.79 Å². The molecule has 1 unspecified atom stereocenters. The molecule has 6 nitrogen and oxygen atoms in total. The van der Waals surface area contributed by atoms with Crippen molar-refractivity contribution in [2.24, 2.45) is 0 Å². The van der Waals surface area contributed by atoms with Crippen LogP contribution in [0.5, 0.6) is 0 Å². The molecule has 1 aromatic rings. The van der Waals surface area contributed by atoms with Crippen molar-refractivity contribution < 1.29 is 23.1 Å². The van der Waals surface area contributed by atoms with E-state index in [1.54, 1.807) is 6.08 Å². The summed E-state index contributed by atoms with van der Waals surface area (Å²) in [5.41, 5.74) is -0.0500. The number of benzene rings is 1. The SMILES string of the molecule is C=CCCC(NC(=O)c1ccccc1S(=O)(=O)C(C)C)C(=O)O. The maximum atomic E-state index is 12.3. The van der Waals surface area contributed by atoms with E-state index in [9.17, 15) is 18.0 Å². The largest absolute Gasteiger partial charge is 0.480 e. The summed E-state index contributed by atoms with van der Waals surface area (Å²) >= 11 is 0. The van der Waals surface area contributed by atoms with Gasteiger partial charge < -0.3 is 10.4 Å². The Balaban J connectivity index is 3.14. The third-order valence-corrected chi connectivity index (χ3v) is 5.53. The Morgan fingerprint density at radius 3 is 2.43 bits per heavy atom. The highest BCUT2D eigenvalue weighted by molar-refractivity contribution is 7.92. The maximum absolute atomic E-state index is 12.3. The minimum absolute atomic E-state index is 0.0500. The van der Waals surface area contributed by atoms with Crippen LogP contribution in [-0.2, 0) is 14.6 Å². The van der Waals surface area contributed by atoms with Crippen LogP contribution in [0.3, 0.4) is 0 Å². The zero-order chi connectivity index (χ0) is 17.6. The molecule has 0 aliphatic carbocycles. The van der Waals surface area contributed by atoms with Gasteiger partial charge in [0.15, 0.2) is 9.84 Å². The standard InChI is InChI=1S/C16H21NO5S/c1-4-5-9-13(16(19)20)17-15(18)12-8-6-7-10-14(12)23(21,22)11(2)3/h4,6-8,10-11,13H,1,5,9H2,2-3H3,(H,17,18)(H,19,20). The normalized spacial score (nSPS) is 12.7. The molecule has 0 radical (unpaired) electrons. The molecule has 0 saturated carbocycles. The van der Waals surface area contributed by atoms with Gasteiger partial charge in [-0.2, -0.15) is 0 Å². The summed E-state index contributed by atoms with van der Waals surface area (Å²) in [6.45, 7) is 6.55. The Labute approximate surface area is 136 Å². The van der Waals surface area contributed by atoms with Crippen LogP contribution in [0.1, 0.15) is 37.0 Å². The lowest BCUT2D eigenvalue weighted by Gasteiger charge is -2.16. The summed E-state index contributed by atoms with van der Waals surface area (Å²) in [5, 5.41) is 10.8. The average Bonchev–Trinajstić information content (AvgIpc) is 2.50. The lowest BCUT2D eigenvalue weighted by atomic mass is 10.1. The monoisotopic (exact) mass is 339 g/mol. The van der Waals surface area contributed by atoms with Gasteiger partial charge in [0, 0.05) is 0 Å². The molecular weight excluding hydrogens is 318 g/mol. The molecule has 0 spiro atoms. The summed E-state index contributed by atoms with van der Waals surface area (Å²) in [5.74, 6) is -1.90. The molecule has 0 aliphatic heterocycles. The van der Waals surface area contributed by atoms with E-state index in [0.29, 0.717) is 6.42 Å². The van der Waals surface area contributed by atoms with E-state index in [4.69, 9.17) is 5.11 Å². The van der Waals surface area contributed by atoms with Crippen LogP contribution in [0.4, 0.5) is 0 Å². The van der Waals surface area contributed by atoms with Crippen molar-refractivity contribution in [3.05, 3.63) is 42.5 Å². The van der Waals surface area contributed by atoms with E-state index in [-0.39, 0.29) is 16.9 Å². The molecule has 0 bridgehead atoms. The highest BCUT2D eigenvalue weighted by atomic mass is 32.2. The molecular formula is C16H21NO5S. The lowest BCUT2D eigenvalue weighted by Crippen LogP contribution is -2.41. The van der Waals surface area contributed by atoms with Crippen molar-refractivity contribution in [3.63, 3.8) is 0 Å². The van der Waals surface area contributed by atoms with Crippen molar-refractivity contribution in [3.8, 4) is 0 Å². The van der Waals surface area contributed by atoms with Crippen molar-refractivity contribution in [2.75, 3.05) is 0 Å². The summed E-state index contributed by atoms with van der Waals surface area (Å²) in [4.78, 5) is 23.4. The number of sulfone groups is 1. The third-order valence-electron chi connectivity index (χ3n) is 3.32. The zero-order valence-electron chi connectivity index (χ0n) is 13.2. The average molecular weight is 339 g/mol. The van der Waals surface area contributed by atoms with Crippen LogP contribution in [0, 0.1) is 0 Å². The fraction of sp³-hybridized carbons (Fsp3) is 0.375. The molecule has 1 amide bonds. The Morgan fingerprint density at radius 1 is 1.30 bits per heavy atom. The minimum Gasteiger partial charge on any atom is -0.480 e. The molecule has 1 rings (SSSR count). The van der Waals surface area contributed by atoms with Crippen LogP contribution in [0.25, 0.3) is 0 Å². The first-order valence-corrected chi connectivity index (χ1v) is 8.74. The molecule has 2 N–H and O–H groups in total. The van der Waals surface area contributed by atoms with Crippen LogP contribution < -0.4 is 5.32 Å². The molecule has 0 fully saturated rings. The van der Waals surface area contributed by atoms with Gasteiger partial charge in [-0.15, -0.1) is 6.58 Å². The Hall–Kier alpha value is -2.15. The van der Waals surface area contributed by atoms with Gasteiger partial charge in [0.2, 0.25) is 0 Å². The first-order chi connectivity index (χ1) is 10.7. The van der Waals surface area contributed by atoms with Gasteiger partial charge >= 0.3 is 5.97 Å². The number of hydrogen-bond acceptors (Lipinski definition) is 4. The topological polar surface area (TPSA) is 101 Å². The molecule has 1 aromatic carbocycles. The maximum Gasteiger partial charge on any atom is 0.326 e. The van der Waals surface area contributed by atoms with Gasteiger partial charge in [-0.1, -0.05) is 18.2 Å². The number of rotatable bonds is 8. The predicted octanol–water partition coefficient (Wildman–Crippen LogP) is 2.02. The van der Waals surface area contributed by atoms with Crippen molar-refractivity contribution in [1.29, 1.82) is 0 Å². The first kappa shape index (κ1) is 18.9. The number of carboxylic acid groups (broad SMARTS) is 1. The van der Waals surface area contributed by atoms with E-state index >= 15 is 0 Å². The summed E-state index contributed by atoms with van der Waals surface area (Å²) in [6.07, 6.45) is 2.16.